The lowest BCUT2D eigenvalue weighted by Crippen LogP contribution is -2.17. The number of carbonyl (C=O) groups excluding carboxylic acids is 2. The molecule has 0 unspecified atom stereocenters. The Morgan fingerprint density at radius 3 is 2.15 bits per heavy atom. The molecule has 0 radical (unpaired) electrons. The summed E-state index contributed by atoms with van der Waals surface area (Å²) in [6.45, 7) is 5.34. The zero-order valence-electron chi connectivity index (χ0n) is 23.4. The largest absolute Gasteiger partial charge is 0.496 e. The predicted molar refractivity (Wildman–Crippen MR) is 152 cm³/mol. The Bertz CT molecular complexity index is 1310. The van der Waals surface area contributed by atoms with Crippen molar-refractivity contribution in [2.24, 2.45) is 0 Å². The summed E-state index contributed by atoms with van der Waals surface area (Å²) < 4.78 is 38.5. The van der Waals surface area contributed by atoms with Crippen LogP contribution in [-0.2, 0) is 27.2 Å². The molecule has 40 heavy (non-hydrogen) atoms. The fourth-order valence-electron chi connectivity index (χ4n) is 4.00. The highest BCUT2D eigenvalue weighted by Gasteiger charge is 2.29. The Hall–Kier alpha value is -3.60. The van der Waals surface area contributed by atoms with Crippen LogP contribution in [-0.4, -0.2) is 46.9 Å². The molecular weight excluding hydrogens is 584 g/mol. The monoisotopic (exact) mass is 616 g/mol. The van der Waals surface area contributed by atoms with E-state index in [0.717, 1.165) is 5.56 Å². The maximum absolute atomic E-state index is 13.6. The van der Waals surface area contributed by atoms with Crippen LogP contribution in [0.4, 0.5) is 0 Å². The summed E-state index contributed by atoms with van der Waals surface area (Å²) in [5.41, 5.74) is 3.17. The third kappa shape index (κ3) is 7.12. The molecule has 0 aromatic heterocycles. The first-order chi connectivity index (χ1) is 19.3. The van der Waals surface area contributed by atoms with Gasteiger partial charge in [0.25, 0.3) is 0 Å². The van der Waals surface area contributed by atoms with E-state index in [0.29, 0.717) is 41.2 Å². The van der Waals surface area contributed by atoms with Crippen LogP contribution in [0.15, 0.2) is 46.9 Å². The fraction of sp³-hybridized carbons (Fsp3) is 0.333. The first-order valence-electron chi connectivity index (χ1n) is 12.5. The van der Waals surface area contributed by atoms with Crippen molar-refractivity contribution in [1.29, 1.82) is 0 Å². The van der Waals surface area contributed by atoms with Crippen LogP contribution in [0.1, 0.15) is 49.9 Å². The normalized spacial score (nSPS) is 10.7. The Labute approximate surface area is 242 Å². The van der Waals surface area contributed by atoms with Gasteiger partial charge in [-0.3, -0.25) is 0 Å². The third-order valence-corrected chi connectivity index (χ3v) is 6.86. The first kappa shape index (κ1) is 30.9. The van der Waals surface area contributed by atoms with Crippen molar-refractivity contribution in [3.05, 3.63) is 80.3 Å². The molecule has 0 spiro atoms. The smallest absolute Gasteiger partial charge is 0.347 e. The fourth-order valence-corrected chi connectivity index (χ4v) is 4.69. The molecule has 214 valence electrons. The Kier molecular flexibility index (Phi) is 11.4. The average Bonchev–Trinajstić information content (AvgIpc) is 2.97. The molecule has 3 rings (SSSR count). The SMILES string of the molecule is CCc1cc(OCc2ccccc2)cc(OC)c1C(=O)Oc1c(C)c(C)c(C(=O)OCOC)c(OCOC)c1Br. The van der Waals surface area contributed by atoms with Crippen LogP contribution < -0.4 is 18.9 Å². The van der Waals surface area contributed by atoms with Gasteiger partial charge >= 0.3 is 11.9 Å². The molecule has 3 aromatic carbocycles. The maximum Gasteiger partial charge on any atom is 0.347 e. The Morgan fingerprint density at radius 1 is 0.825 bits per heavy atom. The van der Waals surface area contributed by atoms with Gasteiger partial charge in [-0.05, 0) is 64.5 Å². The molecule has 10 heteroatoms. The number of aryl methyl sites for hydroxylation is 1. The first-order valence-corrected chi connectivity index (χ1v) is 13.3. The topological polar surface area (TPSA) is 98.8 Å². The molecule has 0 aliphatic heterocycles. The van der Waals surface area contributed by atoms with Crippen LogP contribution in [0, 0.1) is 13.8 Å². The van der Waals surface area contributed by atoms with Gasteiger partial charge in [-0.2, -0.15) is 0 Å². The van der Waals surface area contributed by atoms with Crippen molar-refractivity contribution in [2.45, 2.75) is 33.8 Å². The van der Waals surface area contributed by atoms with Crippen molar-refractivity contribution in [3.8, 4) is 23.0 Å². The van der Waals surface area contributed by atoms with E-state index in [-0.39, 0.29) is 40.7 Å². The summed E-state index contributed by atoms with van der Waals surface area (Å²) >= 11 is 3.46. The quantitative estimate of drug-likeness (QED) is 0.127. The molecule has 0 atom stereocenters. The van der Waals surface area contributed by atoms with Crippen molar-refractivity contribution in [3.63, 3.8) is 0 Å². The number of carbonyl (C=O) groups is 2. The summed E-state index contributed by atoms with van der Waals surface area (Å²) in [5, 5.41) is 0. The van der Waals surface area contributed by atoms with Gasteiger partial charge in [-0.1, -0.05) is 37.3 Å². The van der Waals surface area contributed by atoms with Crippen molar-refractivity contribution >= 4 is 27.9 Å². The molecule has 0 amide bonds. The minimum absolute atomic E-state index is 0.112. The molecule has 0 heterocycles. The highest BCUT2D eigenvalue weighted by atomic mass is 79.9. The maximum atomic E-state index is 13.6. The number of methoxy groups -OCH3 is 3. The molecule has 0 aliphatic rings. The van der Waals surface area contributed by atoms with Gasteiger partial charge in [0.05, 0.1) is 7.11 Å². The lowest BCUT2D eigenvalue weighted by atomic mass is 10.0. The minimum Gasteiger partial charge on any atom is -0.496 e. The van der Waals surface area contributed by atoms with Gasteiger partial charge in [0.1, 0.15) is 33.7 Å². The number of hydrogen-bond acceptors (Lipinski definition) is 9. The second kappa shape index (κ2) is 14.7. The molecule has 3 aromatic rings. The van der Waals surface area contributed by atoms with Crippen LogP contribution in [0.2, 0.25) is 0 Å². The summed E-state index contributed by atoms with van der Waals surface area (Å²) in [6, 6.07) is 13.2. The van der Waals surface area contributed by atoms with Crippen molar-refractivity contribution < 1.29 is 42.7 Å². The van der Waals surface area contributed by atoms with Crippen molar-refractivity contribution in [1.82, 2.24) is 0 Å². The van der Waals surface area contributed by atoms with Crippen LogP contribution in [0.3, 0.4) is 0 Å². The van der Waals surface area contributed by atoms with E-state index < -0.39 is 11.9 Å². The summed E-state index contributed by atoms with van der Waals surface area (Å²) in [6.07, 6.45) is 0.523. The van der Waals surface area contributed by atoms with Gasteiger partial charge in [0.2, 0.25) is 0 Å². The van der Waals surface area contributed by atoms with E-state index in [9.17, 15) is 9.59 Å². The summed E-state index contributed by atoms with van der Waals surface area (Å²) in [7, 11) is 4.34. The number of ether oxygens (including phenoxy) is 7. The van der Waals surface area contributed by atoms with Gasteiger partial charge in [-0.15, -0.1) is 0 Å². The van der Waals surface area contributed by atoms with Gasteiger partial charge in [0.15, 0.2) is 25.1 Å². The Morgan fingerprint density at radius 2 is 1.52 bits per heavy atom. The molecule has 9 nitrogen and oxygen atoms in total. The molecule has 0 bridgehead atoms. The minimum atomic E-state index is -0.659. The molecular formula is C30H33BrO9. The van der Waals surface area contributed by atoms with E-state index in [2.05, 4.69) is 15.9 Å². The van der Waals surface area contributed by atoms with Gasteiger partial charge < -0.3 is 33.2 Å². The average molecular weight is 617 g/mol. The van der Waals surface area contributed by atoms with Gasteiger partial charge in [-0.25, -0.2) is 9.59 Å². The third-order valence-electron chi connectivity index (χ3n) is 6.14. The highest BCUT2D eigenvalue weighted by Crippen LogP contribution is 2.44. The van der Waals surface area contributed by atoms with E-state index in [1.54, 1.807) is 26.0 Å². The second-order valence-electron chi connectivity index (χ2n) is 8.66. The van der Waals surface area contributed by atoms with Crippen LogP contribution in [0.5, 0.6) is 23.0 Å². The lowest BCUT2D eigenvalue weighted by Gasteiger charge is -2.21. The number of rotatable bonds is 13. The lowest BCUT2D eigenvalue weighted by molar-refractivity contribution is -0.0133. The van der Waals surface area contributed by atoms with E-state index >= 15 is 0 Å². The van der Waals surface area contributed by atoms with E-state index in [1.807, 2.05) is 37.3 Å². The summed E-state index contributed by atoms with van der Waals surface area (Å²) in [5.74, 6) is -0.122. The van der Waals surface area contributed by atoms with Crippen LogP contribution in [0.25, 0.3) is 0 Å². The zero-order valence-corrected chi connectivity index (χ0v) is 25.0. The number of esters is 2. The predicted octanol–water partition coefficient (Wildman–Crippen LogP) is 6.18. The molecule has 0 saturated heterocycles. The number of hydrogen-bond donors (Lipinski definition) is 0. The molecule has 0 fully saturated rings. The highest BCUT2D eigenvalue weighted by molar-refractivity contribution is 9.10. The standard InChI is InChI=1S/C30H33BrO9/c1-7-21-13-22(37-15-20-11-9-8-10-12-20)14-23(36-6)25(21)30(33)40-27-19(3)18(2)24(29(32)39-17-35-5)28(26(27)31)38-16-34-4/h8-14H,7,15-17H2,1-6H3. The number of benzene rings is 3. The van der Waals surface area contributed by atoms with Gasteiger partial charge in [0, 0.05) is 20.3 Å². The summed E-state index contributed by atoms with van der Waals surface area (Å²) in [4.78, 5) is 26.5. The zero-order chi connectivity index (χ0) is 29.2. The van der Waals surface area contributed by atoms with Crippen molar-refractivity contribution in [2.75, 3.05) is 34.9 Å². The number of halogens is 1. The van der Waals surface area contributed by atoms with Crippen LogP contribution >= 0.6 is 15.9 Å². The second-order valence-corrected chi connectivity index (χ2v) is 9.46. The molecule has 0 saturated carbocycles. The molecule has 0 aliphatic carbocycles. The van der Waals surface area contributed by atoms with E-state index in [4.69, 9.17) is 33.2 Å². The van der Waals surface area contributed by atoms with E-state index in [1.165, 1.54) is 21.3 Å². The molecule has 0 N–H and O–H groups in total. The Balaban J connectivity index is 2.00.